The van der Waals surface area contributed by atoms with Crippen molar-refractivity contribution in [3.05, 3.63) is 64.3 Å². The van der Waals surface area contributed by atoms with E-state index in [-0.39, 0.29) is 18.3 Å². The van der Waals surface area contributed by atoms with Gasteiger partial charge in [0.25, 0.3) is 0 Å². The number of carbonyl (C=O) groups excluding carboxylic acids is 1. The van der Waals surface area contributed by atoms with Crippen molar-refractivity contribution in [3.8, 4) is 0 Å². The van der Waals surface area contributed by atoms with Crippen LogP contribution in [0.4, 0.5) is 10.2 Å². The van der Waals surface area contributed by atoms with Gasteiger partial charge in [0, 0.05) is 18.5 Å². The Labute approximate surface area is 146 Å². The first kappa shape index (κ1) is 16.4. The number of aryl methyl sites for hydroxylation is 1. The number of rotatable bonds is 5. The molecule has 1 N–H and O–H groups in total. The molecule has 0 fully saturated rings. The molecular weight excluding hydrogens is 377 g/mol. The van der Waals surface area contributed by atoms with Gasteiger partial charge in [0.05, 0.1) is 16.7 Å². The standard InChI is InChI=1S/C16H15BrFN5O/c1-11-14(17)9-23(20-11)10-16(24)19-15-5-6-22(21-15)8-12-3-2-4-13(18)7-12/h2-7,9H,8,10H2,1H3,(H,19,21,24). The van der Waals surface area contributed by atoms with Crippen LogP contribution in [0.5, 0.6) is 0 Å². The van der Waals surface area contributed by atoms with Gasteiger partial charge >= 0.3 is 0 Å². The van der Waals surface area contributed by atoms with E-state index in [2.05, 4.69) is 31.4 Å². The summed E-state index contributed by atoms with van der Waals surface area (Å²) >= 11 is 3.36. The molecule has 0 bridgehead atoms. The molecule has 0 spiro atoms. The molecule has 0 radical (unpaired) electrons. The number of aromatic nitrogens is 4. The summed E-state index contributed by atoms with van der Waals surface area (Å²) in [5.41, 5.74) is 1.62. The Morgan fingerprint density at radius 1 is 1.29 bits per heavy atom. The van der Waals surface area contributed by atoms with E-state index in [1.54, 1.807) is 33.9 Å². The molecule has 0 saturated heterocycles. The summed E-state index contributed by atoms with van der Waals surface area (Å²) in [5, 5.41) is 11.2. The number of carbonyl (C=O) groups is 1. The van der Waals surface area contributed by atoms with Crippen LogP contribution in [-0.2, 0) is 17.9 Å². The number of amides is 1. The molecule has 2 aromatic heterocycles. The number of hydrogen-bond donors (Lipinski definition) is 1. The summed E-state index contributed by atoms with van der Waals surface area (Å²) in [7, 11) is 0. The van der Waals surface area contributed by atoms with Crippen molar-refractivity contribution in [1.82, 2.24) is 19.6 Å². The molecule has 6 nitrogen and oxygen atoms in total. The number of anilines is 1. The molecule has 0 aliphatic heterocycles. The Morgan fingerprint density at radius 3 is 2.83 bits per heavy atom. The van der Waals surface area contributed by atoms with Gasteiger partial charge in [0.2, 0.25) is 5.91 Å². The van der Waals surface area contributed by atoms with E-state index in [0.29, 0.717) is 12.4 Å². The van der Waals surface area contributed by atoms with Crippen molar-refractivity contribution in [2.24, 2.45) is 0 Å². The Hall–Kier alpha value is -2.48. The molecule has 124 valence electrons. The SMILES string of the molecule is Cc1nn(CC(=O)Nc2ccn(Cc3cccc(F)c3)n2)cc1Br. The lowest BCUT2D eigenvalue weighted by atomic mass is 10.2. The maximum atomic E-state index is 13.2. The lowest BCUT2D eigenvalue weighted by Gasteiger charge is -2.03. The van der Waals surface area contributed by atoms with Crippen LogP contribution >= 0.6 is 15.9 Å². The molecule has 0 saturated carbocycles. The molecule has 0 aliphatic carbocycles. The number of halogens is 2. The highest BCUT2D eigenvalue weighted by Crippen LogP contribution is 2.13. The molecule has 1 aromatic carbocycles. The predicted octanol–water partition coefficient (Wildman–Crippen LogP) is 2.98. The van der Waals surface area contributed by atoms with Crippen LogP contribution < -0.4 is 5.32 Å². The van der Waals surface area contributed by atoms with Gasteiger partial charge in [-0.2, -0.15) is 10.2 Å². The van der Waals surface area contributed by atoms with Crippen LogP contribution in [0.1, 0.15) is 11.3 Å². The van der Waals surface area contributed by atoms with E-state index in [4.69, 9.17) is 0 Å². The van der Waals surface area contributed by atoms with Crippen LogP contribution in [0, 0.1) is 12.7 Å². The van der Waals surface area contributed by atoms with Gasteiger partial charge in [0.1, 0.15) is 12.4 Å². The molecule has 0 atom stereocenters. The summed E-state index contributed by atoms with van der Waals surface area (Å²) in [5.74, 6) is -0.0609. The summed E-state index contributed by atoms with van der Waals surface area (Å²) in [4.78, 5) is 12.0. The van der Waals surface area contributed by atoms with E-state index in [1.807, 2.05) is 13.0 Å². The topological polar surface area (TPSA) is 64.7 Å². The van der Waals surface area contributed by atoms with Gasteiger partial charge in [-0.1, -0.05) is 12.1 Å². The third kappa shape index (κ3) is 4.08. The van der Waals surface area contributed by atoms with Crippen LogP contribution in [0.2, 0.25) is 0 Å². The van der Waals surface area contributed by atoms with Gasteiger partial charge in [-0.05, 0) is 40.5 Å². The summed E-state index contributed by atoms with van der Waals surface area (Å²) in [6.45, 7) is 2.38. The van der Waals surface area contributed by atoms with Crippen molar-refractivity contribution >= 4 is 27.7 Å². The Morgan fingerprint density at radius 2 is 2.12 bits per heavy atom. The first-order valence-corrected chi connectivity index (χ1v) is 8.06. The van der Waals surface area contributed by atoms with Crippen molar-refractivity contribution in [2.75, 3.05) is 5.32 Å². The van der Waals surface area contributed by atoms with Gasteiger partial charge < -0.3 is 5.32 Å². The zero-order valence-corrected chi connectivity index (χ0v) is 14.5. The number of nitrogens with one attached hydrogen (secondary N) is 1. The minimum atomic E-state index is -0.283. The maximum absolute atomic E-state index is 13.2. The smallest absolute Gasteiger partial charge is 0.247 e. The first-order chi connectivity index (χ1) is 11.5. The molecular formula is C16H15BrFN5O. The lowest BCUT2D eigenvalue weighted by Crippen LogP contribution is -2.19. The fraction of sp³-hybridized carbons (Fsp3) is 0.188. The second-order valence-electron chi connectivity index (χ2n) is 5.34. The van der Waals surface area contributed by atoms with E-state index >= 15 is 0 Å². The van der Waals surface area contributed by atoms with Gasteiger partial charge in [-0.15, -0.1) is 0 Å². The summed E-state index contributed by atoms with van der Waals surface area (Å²) in [6, 6.07) is 8.02. The highest BCUT2D eigenvalue weighted by atomic mass is 79.9. The average Bonchev–Trinajstić information content (AvgIpc) is 3.06. The fourth-order valence-corrected chi connectivity index (χ4v) is 2.56. The van der Waals surface area contributed by atoms with Crippen LogP contribution in [-0.4, -0.2) is 25.5 Å². The van der Waals surface area contributed by atoms with E-state index in [0.717, 1.165) is 15.7 Å². The number of hydrogen-bond acceptors (Lipinski definition) is 3. The largest absolute Gasteiger partial charge is 0.308 e. The van der Waals surface area contributed by atoms with Gasteiger partial charge in [-0.3, -0.25) is 14.2 Å². The molecule has 1 amide bonds. The molecule has 3 rings (SSSR count). The second kappa shape index (κ2) is 6.96. The Kier molecular flexibility index (Phi) is 4.75. The molecule has 2 heterocycles. The van der Waals surface area contributed by atoms with Crippen LogP contribution in [0.25, 0.3) is 0 Å². The minimum Gasteiger partial charge on any atom is -0.308 e. The van der Waals surface area contributed by atoms with Crippen molar-refractivity contribution < 1.29 is 9.18 Å². The number of nitrogens with zero attached hydrogens (tertiary/aromatic N) is 4. The Bertz CT molecular complexity index is 853. The zero-order valence-electron chi connectivity index (χ0n) is 12.9. The van der Waals surface area contributed by atoms with Crippen molar-refractivity contribution in [1.29, 1.82) is 0 Å². The van der Waals surface area contributed by atoms with E-state index < -0.39 is 0 Å². The third-order valence-electron chi connectivity index (χ3n) is 3.33. The highest BCUT2D eigenvalue weighted by molar-refractivity contribution is 9.10. The predicted molar refractivity (Wildman–Crippen MR) is 91.0 cm³/mol. The Balaban J connectivity index is 1.60. The highest BCUT2D eigenvalue weighted by Gasteiger charge is 2.09. The number of benzene rings is 1. The normalized spacial score (nSPS) is 10.8. The second-order valence-corrected chi connectivity index (χ2v) is 6.19. The molecule has 8 heteroatoms. The average molecular weight is 392 g/mol. The van der Waals surface area contributed by atoms with Crippen LogP contribution in [0.15, 0.2) is 47.2 Å². The minimum absolute atomic E-state index is 0.100. The lowest BCUT2D eigenvalue weighted by molar-refractivity contribution is -0.116. The summed E-state index contributed by atoms with van der Waals surface area (Å²) < 4.78 is 17.2. The molecule has 24 heavy (non-hydrogen) atoms. The summed E-state index contributed by atoms with van der Waals surface area (Å²) in [6.07, 6.45) is 3.48. The van der Waals surface area contributed by atoms with Crippen molar-refractivity contribution in [3.63, 3.8) is 0 Å². The van der Waals surface area contributed by atoms with E-state index in [1.165, 1.54) is 12.1 Å². The molecule has 3 aromatic rings. The van der Waals surface area contributed by atoms with E-state index in [9.17, 15) is 9.18 Å². The third-order valence-corrected chi connectivity index (χ3v) is 4.11. The first-order valence-electron chi connectivity index (χ1n) is 7.27. The van der Waals surface area contributed by atoms with Crippen LogP contribution in [0.3, 0.4) is 0 Å². The maximum Gasteiger partial charge on any atom is 0.247 e. The monoisotopic (exact) mass is 391 g/mol. The van der Waals surface area contributed by atoms with Gasteiger partial charge in [0.15, 0.2) is 5.82 Å². The quantitative estimate of drug-likeness (QED) is 0.726. The zero-order chi connectivity index (χ0) is 17.1. The molecule has 0 aliphatic rings. The van der Waals surface area contributed by atoms with Crippen molar-refractivity contribution in [2.45, 2.75) is 20.0 Å². The van der Waals surface area contributed by atoms with Gasteiger partial charge in [-0.25, -0.2) is 4.39 Å². The molecule has 0 unspecified atom stereocenters. The fourth-order valence-electron chi connectivity index (χ4n) is 2.24.